The third-order valence-electron chi connectivity index (χ3n) is 4.07. The quantitative estimate of drug-likeness (QED) is 0.608. The Morgan fingerprint density at radius 2 is 1.80 bits per heavy atom. The van der Waals surface area contributed by atoms with Crippen LogP contribution in [0.4, 0.5) is 5.95 Å². The van der Waals surface area contributed by atoms with E-state index in [1.54, 1.807) is 36.7 Å². The number of carbonyl (C=O) groups excluding carboxylic acids is 1. The molecular formula is C17H21N7O. The van der Waals surface area contributed by atoms with Crippen LogP contribution >= 0.6 is 0 Å². The van der Waals surface area contributed by atoms with Crippen LogP contribution < -0.4 is 16.4 Å². The van der Waals surface area contributed by atoms with Crippen LogP contribution in [0, 0.1) is 0 Å². The minimum Gasteiger partial charge on any atom is -0.370 e. The maximum Gasteiger partial charge on any atom is 0.248 e. The van der Waals surface area contributed by atoms with Crippen LogP contribution in [-0.2, 0) is 6.54 Å². The number of primary amides is 1. The zero-order valence-corrected chi connectivity index (χ0v) is 13.9. The number of rotatable bonds is 4. The number of carbonyl (C=O) groups is 1. The van der Waals surface area contributed by atoms with E-state index < -0.39 is 5.91 Å². The standard InChI is InChI=1S/C17H21N7O/c18-15(25)14-4-1-3-13(11-14)12-22-16(19)23-7-9-24(10-8-23)17-20-5-2-6-21-17/h1-6,11H,7-10,12H2,(H2,18,25)(H2,19,22). The smallest absolute Gasteiger partial charge is 0.248 e. The average Bonchev–Trinajstić information content (AvgIpc) is 2.67. The predicted molar refractivity (Wildman–Crippen MR) is 96.1 cm³/mol. The molecule has 0 atom stereocenters. The van der Waals surface area contributed by atoms with Gasteiger partial charge in [0.2, 0.25) is 11.9 Å². The van der Waals surface area contributed by atoms with Crippen molar-refractivity contribution in [1.82, 2.24) is 14.9 Å². The van der Waals surface area contributed by atoms with Crippen molar-refractivity contribution in [3.63, 3.8) is 0 Å². The fraction of sp³-hybridized carbons (Fsp3) is 0.294. The topological polar surface area (TPSA) is 114 Å². The van der Waals surface area contributed by atoms with Gasteiger partial charge in [-0.2, -0.15) is 0 Å². The van der Waals surface area contributed by atoms with Gasteiger partial charge in [0.05, 0.1) is 6.54 Å². The molecule has 1 aliphatic rings. The van der Waals surface area contributed by atoms with Gasteiger partial charge in [-0.05, 0) is 23.8 Å². The van der Waals surface area contributed by atoms with E-state index in [2.05, 4.69) is 19.9 Å². The van der Waals surface area contributed by atoms with Crippen LogP contribution in [0.3, 0.4) is 0 Å². The number of hydrogen-bond donors (Lipinski definition) is 2. The molecule has 25 heavy (non-hydrogen) atoms. The van der Waals surface area contributed by atoms with E-state index >= 15 is 0 Å². The Balaban J connectivity index is 1.57. The molecule has 1 fully saturated rings. The summed E-state index contributed by atoms with van der Waals surface area (Å²) in [7, 11) is 0. The lowest BCUT2D eigenvalue weighted by Crippen LogP contribution is -2.51. The van der Waals surface area contributed by atoms with Gasteiger partial charge in [0, 0.05) is 44.1 Å². The number of nitrogens with two attached hydrogens (primary N) is 2. The van der Waals surface area contributed by atoms with Gasteiger partial charge in [0.15, 0.2) is 5.96 Å². The second kappa shape index (κ2) is 7.61. The van der Waals surface area contributed by atoms with Gasteiger partial charge < -0.3 is 21.3 Å². The van der Waals surface area contributed by atoms with Crippen LogP contribution in [-0.4, -0.2) is 52.9 Å². The molecule has 1 saturated heterocycles. The number of aliphatic imine (C=N–C) groups is 1. The maximum absolute atomic E-state index is 11.2. The van der Waals surface area contributed by atoms with E-state index in [-0.39, 0.29) is 0 Å². The van der Waals surface area contributed by atoms with Gasteiger partial charge in [0.25, 0.3) is 0 Å². The fourth-order valence-electron chi connectivity index (χ4n) is 2.69. The molecule has 130 valence electrons. The molecule has 3 rings (SSSR count). The largest absolute Gasteiger partial charge is 0.370 e. The lowest BCUT2D eigenvalue weighted by molar-refractivity contribution is 0.1000. The molecule has 1 aromatic heterocycles. The molecule has 2 aromatic rings. The highest BCUT2D eigenvalue weighted by molar-refractivity contribution is 5.92. The highest BCUT2D eigenvalue weighted by Gasteiger charge is 2.19. The van der Waals surface area contributed by atoms with Crippen molar-refractivity contribution in [2.45, 2.75) is 6.54 Å². The first-order chi connectivity index (χ1) is 12.1. The van der Waals surface area contributed by atoms with Gasteiger partial charge >= 0.3 is 0 Å². The molecule has 0 radical (unpaired) electrons. The second-order valence-electron chi connectivity index (χ2n) is 5.76. The molecule has 8 nitrogen and oxygen atoms in total. The van der Waals surface area contributed by atoms with Crippen molar-refractivity contribution >= 4 is 17.8 Å². The molecule has 8 heteroatoms. The number of piperazine rings is 1. The maximum atomic E-state index is 11.2. The number of benzene rings is 1. The molecular weight excluding hydrogens is 318 g/mol. The predicted octanol–water partition coefficient (Wildman–Crippen LogP) is 0.212. The van der Waals surface area contributed by atoms with Crippen molar-refractivity contribution < 1.29 is 4.79 Å². The molecule has 2 heterocycles. The minimum atomic E-state index is -0.446. The molecule has 1 aromatic carbocycles. The number of hydrogen-bond acceptors (Lipinski definition) is 5. The van der Waals surface area contributed by atoms with Crippen molar-refractivity contribution in [3.05, 3.63) is 53.9 Å². The molecule has 0 bridgehead atoms. The highest BCUT2D eigenvalue weighted by Crippen LogP contribution is 2.10. The summed E-state index contributed by atoms with van der Waals surface area (Å²) >= 11 is 0. The lowest BCUT2D eigenvalue weighted by Gasteiger charge is -2.35. The van der Waals surface area contributed by atoms with Crippen molar-refractivity contribution in [3.8, 4) is 0 Å². The molecule has 0 aliphatic carbocycles. The lowest BCUT2D eigenvalue weighted by atomic mass is 10.1. The summed E-state index contributed by atoms with van der Waals surface area (Å²) in [4.78, 5) is 28.4. The summed E-state index contributed by atoms with van der Waals surface area (Å²) in [6, 6.07) is 8.92. The van der Waals surface area contributed by atoms with Crippen molar-refractivity contribution in [2.24, 2.45) is 16.5 Å². The Hall–Kier alpha value is -3.16. The third kappa shape index (κ3) is 4.23. The Labute approximate surface area is 146 Å². The molecule has 1 aliphatic heterocycles. The number of aromatic nitrogens is 2. The summed E-state index contributed by atoms with van der Waals surface area (Å²) in [6.07, 6.45) is 3.48. The van der Waals surface area contributed by atoms with Gasteiger partial charge in [-0.15, -0.1) is 0 Å². The van der Waals surface area contributed by atoms with E-state index in [0.29, 0.717) is 18.1 Å². The monoisotopic (exact) mass is 339 g/mol. The highest BCUT2D eigenvalue weighted by atomic mass is 16.1. The SMILES string of the molecule is NC(=O)c1cccc(CN=C(N)N2CCN(c3ncccn3)CC2)c1. The van der Waals surface area contributed by atoms with Crippen molar-refractivity contribution in [2.75, 3.05) is 31.1 Å². The van der Waals surface area contributed by atoms with Gasteiger partial charge in [-0.3, -0.25) is 4.79 Å². The first-order valence-electron chi connectivity index (χ1n) is 8.09. The average molecular weight is 339 g/mol. The zero-order valence-electron chi connectivity index (χ0n) is 13.9. The number of anilines is 1. The first kappa shape index (κ1) is 16.7. The minimum absolute atomic E-state index is 0.412. The van der Waals surface area contributed by atoms with Gasteiger partial charge in [-0.1, -0.05) is 12.1 Å². The van der Waals surface area contributed by atoms with Crippen LogP contribution in [0.1, 0.15) is 15.9 Å². The Morgan fingerprint density at radius 3 is 2.48 bits per heavy atom. The number of amides is 1. The summed E-state index contributed by atoms with van der Waals surface area (Å²) < 4.78 is 0. The van der Waals surface area contributed by atoms with Crippen molar-refractivity contribution in [1.29, 1.82) is 0 Å². The fourth-order valence-corrected chi connectivity index (χ4v) is 2.69. The Morgan fingerprint density at radius 1 is 1.08 bits per heavy atom. The summed E-state index contributed by atoms with van der Waals surface area (Å²) in [5, 5.41) is 0. The Kier molecular flexibility index (Phi) is 5.08. The Bertz CT molecular complexity index is 755. The van der Waals surface area contributed by atoms with Gasteiger partial charge in [0.1, 0.15) is 0 Å². The van der Waals surface area contributed by atoms with E-state index in [4.69, 9.17) is 11.5 Å². The first-order valence-corrected chi connectivity index (χ1v) is 8.09. The molecule has 0 saturated carbocycles. The van der Waals surface area contributed by atoms with E-state index in [1.165, 1.54) is 0 Å². The van der Waals surface area contributed by atoms with Crippen LogP contribution in [0.2, 0.25) is 0 Å². The summed E-state index contributed by atoms with van der Waals surface area (Å²) in [6.45, 7) is 3.51. The normalized spacial score (nSPS) is 15.3. The van der Waals surface area contributed by atoms with E-state index in [1.807, 2.05) is 11.0 Å². The summed E-state index contributed by atoms with van der Waals surface area (Å²) in [5.41, 5.74) is 12.8. The second-order valence-corrected chi connectivity index (χ2v) is 5.76. The van der Waals surface area contributed by atoms with Gasteiger partial charge in [-0.25, -0.2) is 15.0 Å². The number of nitrogens with zero attached hydrogens (tertiary/aromatic N) is 5. The molecule has 4 N–H and O–H groups in total. The van der Waals surface area contributed by atoms with E-state index in [9.17, 15) is 4.79 Å². The van der Waals surface area contributed by atoms with E-state index in [0.717, 1.165) is 37.7 Å². The molecule has 1 amide bonds. The number of guanidine groups is 1. The summed E-state index contributed by atoms with van der Waals surface area (Å²) in [5.74, 6) is 0.789. The van der Waals surface area contributed by atoms with Crippen LogP contribution in [0.15, 0.2) is 47.7 Å². The molecule has 0 unspecified atom stereocenters. The molecule has 0 spiro atoms. The van der Waals surface area contributed by atoms with Crippen LogP contribution in [0.25, 0.3) is 0 Å². The zero-order chi connectivity index (χ0) is 17.6. The van der Waals surface area contributed by atoms with Crippen LogP contribution in [0.5, 0.6) is 0 Å². The third-order valence-corrected chi connectivity index (χ3v) is 4.07.